The molecule has 13 heteroatoms. The van der Waals surface area contributed by atoms with E-state index in [1.54, 1.807) is 0 Å². The molecule has 1 N–H and O–H groups in total. The van der Waals surface area contributed by atoms with Crippen LogP contribution in [0.25, 0.3) is 22.0 Å². The Balaban J connectivity index is 1.69. The molecule has 0 spiro atoms. The monoisotopic (exact) mass is 613 g/mol. The zero-order valence-corrected chi connectivity index (χ0v) is 24.1. The number of nitrogens with one attached hydrogen (secondary N) is 1. The Labute approximate surface area is 242 Å². The third kappa shape index (κ3) is 5.21. The molecule has 220 valence electrons. The minimum atomic E-state index is -4.89. The molecule has 3 aromatic rings. The minimum absolute atomic E-state index is 0.0129. The molecule has 3 atom stereocenters. The van der Waals surface area contributed by atoms with Crippen molar-refractivity contribution in [1.82, 2.24) is 19.8 Å². The Morgan fingerprint density at radius 2 is 1.71 bits per heavy atom. The second-order valence-electron chi connectivity index (χ2n) is 11.2. The molecule has 2 fully saturated rings. The molecular weight excluding hydrogens is 585 g/mol. The number of aromatic nitrogens is 2. The molecule has 41 heavy (non-hydrogen) atoms. The van der Waals surface area contributed by atoms with E-state index in [2.05, 4.69) is 15.2 Å². The van der Waals surface area contributed by atoms with E-state index in [1.807, 2.05) is 18.7 Å². The third-order valence-corrected chi connectivity index (χ3v) is 9.64. The predicted octanol–water partition coefficient (Wildman–Crippen LogP) is 5.77. The average Bonchev–Trinajstić information content (AvgIpc) is 3.35. The van der Waals surface area contributed by atoms with Crippen LogP contribution in [0.3, 0.4) is 0 Å². The first-order chi connectivity index (χ1) is 19.4. The summed E-state index contributed by atoms with van der Waals surface area (Å²) in [5.74, 6) is -1.67. The van der Waals surface area contributed by atoms with Gasteiger partial charge in [-0.15, -0.1) is 11.8 Å². The molecule has 2 saturated heterocycles. The van der Waals surface area contributed by atoms with Crippen LogP contribution in [0.5, 0.6) is 0 Å². The van der Waals surface area contributed by atoms with Gasteiger partial charge in [-0.2, -0.15) is 18.2 Å². The molecule has 6 nitrogen and oxygen atoms in total. The number of halogens is 6. The minimum Gasteiger partial charge on any atom is -0.353 e. The van der Waals surface area contributed by atoms with Gasteiger partial charge in [0, 0.05) is 71.0 Å². The van der Waals surface area contributed by atoms with Crippen LogP contribution in [0.15, 0.2) is 27.9 Å². The van der Waals surface area contributed by atoms with Crippen LogP contribution in [0.1, 0.15) is 32.3 Å². The highest BCUT2D eigenvalue weighted by atomic mass is 35.5. The van der Waals surface area contributed by atoms with E-state index in [9.17, 15) is 22.4 Å². The van der Waals surface area contributed by atoms with Crippen LogP contribution >= 0.6 is 23.4 Å². The van der Waals surface area contributed by atoms with Gasteiger partial charge in [-0.25, -0.2) is 13.6 Å². The summed E-state index contributed by atoms with van der Waals surface area (Å²) in [6.07, 6.45) is -2.90. The van der Waals surface area contributed by atoms with Crippen molar-refractivity contribution in [2.24, 2.45) is 0 Å². The van der Waals surface area contributed by atoms with Gasteiger partial charge in [0.15, 0.2) is 0 Å². The van der Waals surface area contributed by atoms with Crippen LogP contribution in [0.4, 0.5) is 27.8 Å². The lowest BCUT2D eigenvalue weighted by Crippen LogP contribution is -2.55. The predicted molar refractivity (Wildman–Crippen MR) is 151 cm³/mol. The van der Waals surface area contributed by atoms with Gasteiger partial charge >= 0.3 is 11.9 Å². The number of benzene rings is 2. The fourth-order valence-electron chi connectivity index (χ4n) is 6.42. The molecule has 3 aliphatic rings. The molecule has 4 heterocycles. The molecule has 0 aliphatic carbocycles. The van der Waals surface area contributed by atoms with Crippen LogP contribution in [0, 0.1) is 11.6 Å². The van der Waals surface area contributed by atoms with Gasteiger partial charge in [0.25, 0.3) is 0 Å². The van der Waals surface area contributed by atoms with E-state index >= 15 is 4.39 Å². The van der Waals surface area contributed by atoms with E-state index < -0.39 is 45.2 Å². The van der Waals surface area contributed by atoms with E-state index in [1.165, 1.54) is 16.3 Å². The fraction of sp³-hybridized carbons (Fsp3) is 0.500. The van der Waals surface area contributed by atoms with Crippen molar-refractivity contribution in [3.63, 3.8) is 0 Å². The summed E-state index contributed by atoms with van der Waals surface area (Å²) in [4.78, 5) is 22.3. The molecular formula is C28H29ClF5N5OS. The lowest BCUT2D eigenvalue weighted by molar-refractivity contribution is -0.137. The number of anilines is 1. The SMILES string of the molecule is C[C@@H]1CN(c2nc(=O)n3c4c(c(-c5cc(Cl)c(F)cc5F)c(C(F)(F)F)cc24)SC[C@@H](N2CCCC2)C3)C[C@H](C)N1. The number of piperazine rings is 1. The van der Waals surface area contributed by atoms with Crippen molar-refractivity contribution in [3.8, 4) is 11.1 Å². The Kier molecular flexibility index (Phi) is 7.49. The van der Waals surface area contributed by atoms with E-state index in [0.29, 0.717) is 24.9 Å². The second-order valence-corrected chi connectivity index (χ2v) is 12.6. The van der Waals surface area contributed by atoms with Gasteiger partial charge < -0.3 is 10.2 Å². The highest BCUT2D eigenvalue weighted by Gasteiger charge is 2.40. The van der Waals surface area contributed by atoms with Crippen molar-refractivity contribution in [2.75, 3.05) is 36.8 Å². The van der Waals surface area contributed by atoms with Crippen molar-refractivity contribution < 1.29 is 22.0 Å². The molecule has 1 aromatic heterocycles. The highest BCUT2D eigenvalue weighted by Crippen LogP contribution is 2.49. The number of nitrogens with zero attached hydrogens (tertiary/aromatic N) is 4. The molecule has 0 bridgehead atoms. The smallest absolute Gasteiger partial charge is 0.353 e. The van der Waals surface area contributed by atoms with Gasteiger partial charge in [0.2, 0.25) is 0 Å². The summed E-state index contributed by atoms with van der Waals surface area (Å²) in [7, 11) is 0. The van der Waals surface area contributed by atoms with Gasteiger partial charge in [-0.05, 0) is 51.9 Å². The molecule has 2 aromatic carbocycles. The number of likely N-dealkylation sites (tertiary alicyclic amines) is 1. The maximum absolute atomic E-state index is 15.3. The summed E-state index contributed by atoms with van der Waals surface area (Å²) >= 11 is 7.14. The standard InChI is InChI=1S/C28H29ClF5N5OS/c1-14-10-38(11-15(2)35-14)26-18-7-19(28(32,33)34)23(17-8-20(29)22(31)9-21(17)30)25-24(18)39(27(40)36-26)12-16(13-41-25)37-5-3-4-6-37/h7-9,14-16,35H,3-6,10-13H2,1-2H3/t14-,15+,16-/m0/s1. The van der Waals surface area contributed by atoms with Crippen LogP contribution in [-0.4, -0.2) is 64.5 Å². The number of thioether (sulfide) groups is 1. The normalized spacial score (nSPS) is 23.8. The van der Waals surface area contributed by atoms with Crippen LogP contribution in [-0.2, 0) is 12.7 Å². The maximum Gasteiger partial charge on any atom is 0.417 e. The first-order valence-corrected chi connectivity index (χ1v) is 15.0. The lowest BCUT2D eigenvalue weighted by Gasteiger charge is -2.37. The number of alkyl halides is 3. The summed E-state index contributed by atoms with van der Waals surface area (Å²) in [6.45, 7) is 6.70. The highest BCUT2D eigenvalue weighted by molar-refractivity contribution is 7.99. The first kappa shape index (κ1) is 28.7. The van der Waals surface area contributed by atoms with Gasteiger partial charge in [0.05, 0.1) is 16.1 Å². The number of hydrogen-bond donors (Lipinski definition) is 1. The second kappa shape index (κ2) is 10.7. The van der Waals surface area contributed by atoms with E-state index in [0.717, 1.165) is 38.1 Å². The Morgan fingerprint density at radius 3 is 2.37 bits per heavy atom. The van der Waals surface area contributed by atoms with Crippen molar-refractivity contribution in [2.45, 2.75) is 62.4 Å². The summed E-state index contributed by atoms with van der Waals surface area (Å²) in [5.41, 5.74) is -2.27. The van der Waals surface area contributed by atoms with Gasteiger partial charge in [-0.1, -0.05) is 11.6 Å². The lowest BCUT2D eigenvalue weighted by atomic mass is 9.95. The van der Waals surface area contributed by atoms with Crippen LogP contribution < -0.4 is 15.9 Å². The van der Waals surface area contributed by atoms with Crippen molar-refractivity contribution in [1.29, 1.82) is 0 Å². The molecule has 6 rings (SSSR count). The quantitative estimate of drug-likeness (QED) is 0.299. The molecule has 3 aliphatic heterocycles. The first-order valence-electron chi connectivity index (χ1n) is 13.6. The summed E-state index contributed by atoms with van der Waals surface area (Å²) < 4.78 is 75.4. The van der Waals surface area contributed by atoms with Gasteiger partial charge in [0.1, 0.15) is 17.5 Å². The Hall–Kier alpha value is -2.41. The molecule has 0 amide bonds. The maximum atomic E-state index is 15.3. The van der Waals surface area contributed by atoms with Crippen LogP contribution in [0.2, 0.25) is 5.02 Å². The Bertz CT molecular complexity index is 1560. The van der Waals surface area contributed by atoms with E-state index in [-0.39, 0.29) is 46.3 Å². The zero-order valence-electron chi connectivity index (χ0n) is 22.5. The van der Waals surface area contributed by atoms with Crippen molar-refractivity contribution in [3.05, 3.63) is 50.9 Å². The fourth-order valence-corrected chi connectivity index (χ4v) is 7.98. The number of rotatable bonds is 3. The topological polar surface area (TPSA) is 53.4 Å². The molecule has 0 saturated carbocycles. The molecule has 0 radical (unpaired) electrons. The number of hydrogen-bond acceptors (Lipinski definition) is 6. The Morgan fingerprint density at radius 1 is 1.02 bits per heavy atom. The van der Waals surface area contributed by atoms with Crippen molar-refractivity contribution >= 4 is 40.1 Å². The van der Waals surface area contributed by atoms with Gasteiger partial charge in [-0.3, -0.25) is 9.47 Å². The van der Waals surface area contributed by atoms with E-state index in [4.69, 9.17) is 11.6 Å². The molecule has 0 unspecified atom stereocenters. The zero-order chi connectivity index (χ0) is 29.2. The average molecular weight is 614 g/mol. The summed E-state index contributed by atoms with van der Waals surface area (Å²) in [5, 5.41) is 3.08. The largest absolute Gasteiger partial charge is 0.417 e. The summed E-state index contributed by atoms with van der Waals surface area (Å²) in [6, 6.07) is 2.26. The third-order valence-electron chi connectivity index (χ3n) is 8.11.